The van der Waals surface area contributed by atoms with Crippen LogP contribution in [0.25, 0.3) is 10.9 Å². The molecule has 1 saturated carbocycles. The summed E-state index contributed by atoms with van der Waals surface area (Å²) in [5, 5.41) is 4.80. The van der Waals surface area contributed by atoms with Gasteiger partial charge in [-0.15, -0.1) is 0 Å². The number of aromatic nitrogens is 1. The first kappa shape index (κ1) is 13.6. The molecule has 0 radical (unpaired) electrons. The van der Waals surface area contributed by atoms with E-state index in [2.05, 4.69) is 48.5 Å². The molecule has 1 N–H and O–H groups in total. The summed E-state index contributed by atoms with van der Waals surface area (Å²) in [6, 6.07) is 11.2. The Kier molecular flexibility index (Phi) is 4.02. The molecule has 0 saturated heterocycles. The zero-order valence-corrected chi connectivity index (χ0v) is 12.5. The van der Waals surface area contributed by atoms with Gasteiger partial charge in [-0.25, -0.2) is 0 Å². The number of fused-ring (bicyclic) bond motifs is 1. The van der Waals surface area contributed by atoms with Crippen molar-refractivity contribution < 1.29 is 0 Å². The Morgan fingerprint density at radius 3 is 2.60 bits per heavy atom. The van der Waals surface area contributed by atoms with E-state index in [0.29, 0.717) is 6.04 Å². The van der Waals surface area contributed by atoms with Crippen molar-refractivity contribution in [3.05, 3.63) is 42.1 Å². The number of para-hydroxylation sites is 1. The first-order valence-corrected chi connectivity index (χ1v) is 7.80. The van der Waals surface area contributed by atoms with Crippen molar-refractivity contribution in [2.75, 3.05) is 7.05 Å². The highest BCUT2D eigenvalue weighted by Gasteiger charge is 2.27. The molecule has 1 aliphatic rings. The zero-order valence-electron chi connectivity index (χ0n) is 12.5. The van der Waals surface area contributed by atoms with Crippen LogP contribution in [0.4, 0.5) is 0 Å². The Balaban J connectivity index is 1.95. The van der Waals surface area contributed by atoms with Crippen molar-refractivity contribution in [1.29, 1.82) is 0 Å². The smallest absolute Gasteiger partial charge is 0.0749 e. The summed E-state index contributed by atoms with van der Waals surface area (Å²) >= 11 is 0. The molecule has 3 rings (SSSR count). The highest BCUT2D eigenvalue weighted by molar-refractivity contribution is 5.82. The second-order valence-electron chi connectivity index (χ2n) is 6.21. The van der Waals surface area contributed by atoms with Gasteiger partial charge in [0.25, 0.3) is 0 Å². The predicted octanol–water partition coefficient (Wildman–Crippen LogP) is 4.32. The second kappa shape index (κ2) is 5.92. The van der Waals surface area contributed by atoms with Crippen LogP contribution >= 0.6 is 0 Å². The molecule has 1 aliphatic carbocycles. The molecule has 2 heteroatoms. The minimum atomic E-state index is 0.432. The molecule has 0 amide bonds. The molecule has 2 aromatic rings. The number of benzene rings is 1. The summed E-state index contributed by atoms with van der Waals surface area (Å²) in [6.45, 7) is 2.38. The number of nitrogens with zero attached hydrogens (tertiary/aromatic N) is 1. The monoisotopic (exact) mass is 268 g/mol. The van der Waals surface area contributed by atoms with E-state index in [0.717, 1.165) is 17.4 Å². The summed E-state index contributed by atoms with van der Waals surface area (Å²) in [6.07, 6.45) is 7.29. The van der Waals surface area contributed by atoms with Crippen LogP contribution < -0.4 is 5.32 Å². The third kappa shape index (κ3) is 2.57. The summed E-state index contributed by atoms with van der Waals surface area (Å²) in [5.74, 6) is 1.64. The lowest BCUT2D eigenvalue weighted by molar-refractivity contribution is 0.238. The van der Waals surface area contributed by atoms with Gasteiger partial charge in [-0.1, -0.05) is 44.0 Å². The quantitative estimate of drug-likeness (QED) is 0.896. The molecular formula is C18H24N2. The average Bonchev–Trinajstić information content (AvgIpc) is 2.50. The van der Waals surface area contributed by atoms with Gasteiger partial charge in [0.15, 0.2) is 0 Å². The number of nitrogens with one attached hydrogen (secondary N) is 1. The Labute approximate surface area is 121 Å². The van der Waals surface area contributed by atoms with Crippen LogP contribution in [-0.4, -0.2) is 12.0 Å². The zero-order chi connectivity index (χ0) is 13.9. The van der Waals surface area contributed by atoms with Crippen molar-refractivity contribution in [3.8, 4) is 0 Å². The van der Waals surface area contributed by atoms with Crippen LogP contribution in [0.5, 0.6) is 0 Å². The third-order valence-corrected chi connectivity index (χ3v) is 4.84. The number of hydrogen-bond acceptors (Lipinski definition) is 2. The van der Waals surface area contributed by atoms with E-state index in [-0.39, 0.29) is 0 Å². The van der Waals surface area contributed by atoms with E-state index >= 15 is 0 Å². The average molecular weight is 268 g/mol. The van der Waals surface area contributed by atoms with Gasteiger partial charge in [-0.3, -0.25) is 4.98 Å². The fraction of sp³-hybridized carbons (Fsp3) is 0.500. The fourth-order valence-electron chi connectivity index (χ4n) is 3.64. The second-order valence-corrected chi connectivity index (χ2v) is 6.21. The maximum absolute atomic E-state index is 4.62. The SMILES string of the molecule is CNC(c1cccc2cccnc12)C1CCC(C)CC1. The van der Waals surface area contributed by atoms with E-state index in [4.69, 9.17) is 0 Å². The van der Waals surface area contributed by atoms with E-state index in [1.807, 2.05) is 12.3 Å². The van der Waals surface area contributed by atoms with Gasteiger partial charge in [-0.2, -0.15) is 0 Å². The Bertz CT molecular complexity index is 565. The van der Waals surface area contributed by atoms with E-state index < -0.39 is 0 Å². The van der Waals surface area contributed by atoms with Gasteiger partial charge >= 0.3 is 0 Å². The number of rotatable bonds is 3. The lowest BCUT2D eigenvalue weighted by atomic mass is 9.77. The molecule has 20 heavy (non-hydrogen) atoms. The molecule has 1 atom stereocenters. The maximum atomic E-state index is 4.62. The third-order valence-electron chi connectivity index (χ3n) is 4.84. The molecule has 0 spiro atoms. The molecule has 2 nitrogen and oxygen atoms in total. The van der Waals surface area contributed by atoms with Gasteiger partial charge in [0.1, 0.15) is 0 Å². The highest BCUT2D eigenvalue weighted by Crippen LogP contribution is 2.38. The minimum absolute atomic E-state index is 0.432. The normalized spacial score (nSPS) is 24.7. The van der Waals surface area contributed by atoms with E-state index in [9.17, 15) is 0 Å². The molecule has 106 valence electrons. The predicted molar refractivity (Wildman–Crippen MR) is 84.7 cm³/mol. The number of hydrogen-bond donors (Lipinski definition) is 1. The van der Waals surface area contributed by atoms with Crippen molar-refractivity contribution in [2.24, 2.45) is 11.8 Å². The summed E-state index contributed by atoms with van der Waals surface area (Å²) in [4.78, 5) is 4.62. The Morgan fingerprint density at radius 2 is 1.85 bits per heavy atom. The van der Waals surface area contributed by atoms with Crippen LogP contribution in [0.1, 0.15) is 44.2 Å². The highest BCUT2D eigenvalue weighted by atomic mass is 14.9. The molecule has 1 aromatic carbocycles. The van der Waals surface area contributed by atoms with Gasteiger partial charge < -0.3 is 5.32 Å². The summed E-state index contributed by atoms with van der Waals surface area (Å²) < 4.78 is 0. The van der Waals surface area contributed by atoms with Crippen LogP contribution in [0.2, 0.25) is 0 Å². The first-order valence-electron chi connectivity index (χ1n) is 7.80. The number of pyridine rings is 1. The minimum Gasteiger partial charge on any atom is -0.313 e. The lowest BCUT2D eigenvalue weighted by Crippen LogP contribution is -2.28. The Hall–Kier alpha value is -1.41. The van der Waals surface area contributed by atoms with E-state index in [1.54, 1.807) is 0 Å². The molecular weight excluding hydrogens is 244 g/mol. The molecule has 0 aliphatic heterocycles. The van der Waals surface area contributed by atoms with Crippen molar-refractivity contribution in [3.63, 3.8) is 0 Å². The first-order chi connectivity index (χ1) is 9.79. The largest absolute Gasteiger partial charge is 0.313 e. The van der Waals surface area contributed by atoms with Crippen molar-refractivity contribution >= 4 is 10.9 Å². The maximum Gasteiger partial charge on any atom is 0.0749 e. The van der Waals surface area contributed by atoms with Crippen LogP contribution in [0.15, 0.2) is 36.5 Å². The molecule has 0 bridgehead atoms. The van der Waals surface area contributed by atoms with Crippen molar-refractivity contribution in [1.82, 2.24) is 10.3 Å². The summed E-state index contributed by atoms with van der Waals surface area (Å²) in [7, 11) is 2.09. The van der Waals surface area contributed by atoms with Gasteiger partial charge in [0.05, 0.1) is 5.52 Å². The standard InChI is InChI=1S/C18H24N2/c1-13-8-10-15(11-9-13)17(19-2)16-7-3-5-14-6-4-12-20-18(14)16/h3-7,12-13,15,17,19H,8-11H2,1-2H3. The molecule has 1 aromatic heterocycles. The van der Waals surface area contributed by atoms with Crippen LogP contribution in [0.3, 0.4) is 0 Å². The fourth-order valence-corrected chi connectivity index (χ4v) is 3.64. The van der Waals surface area contributed by atoms with E-state index in [1.165, 1.54) is 36.6 Å². The van der Waals surface area contributed by atoms with Crippen molar-refractivity contribution in [2.45, 2.75) is 38.6 Å². The lowest BCUT2D eigenvalue weighted by Gasteiger charge is -2.33. The van der Waals surface area contributed by atoms with Crippen LogP contribution in [-0.2, 0) is 0 Å². The summed E-state index contributed by atoms with van der Waals surface area (Å²) in [5.41, 5.74) is 2.53. The Morgan fingerprint density at radius 1 is 1.10 bits per heavy atom. The molecule has 1 fully saturated rings. The van der Waals surface area contributed by atoms with Gasteiger partial charge in [-0.05, 0) is 43.4 Å². The topological polar surface area (TPSA) is 24.9 Å². The van der Waals surface area contributed by atoms with Crippen LogP contribution in [0, 0.1) is 11.8 Å². The van der Waals surface area contributed by atoms with Gasteiger partial charge in [0.2, 0.25) is 0 Å². The molecule has 1 unspecified atom stereocenters. The van der Waals surface area contributed by atoms with Gasteiger partial charge in [0, 0.05) is 17.6 Å². The molecule has 1 heterocycles.